The van der Waals surface area contributed by atoms with Crippen LogP contribution in [0.4, 0.5) is 0 Å². The average Bonchev–Trinajstić information content (AvgIpc) is 2.78. The fraction of sp³-hybridized carbons (Fsp3) is 0.533. The average molecular weight is 361 g/mol. The van der Waals surface area contributed by atoms with Gasteiger partial charge in [-0.3, -0.25) is 9.69 Å². The summed E-state index contributed by atoms with van der Waals surface area (Å²) >= 11 is 9.46. The molecule has 1 atom stereocenters. The number of likely N-dealkylation sites (tertiary alicyclic amines) is 1. The number of nitrogens with zero attached hydrogens (tertiary/aromatic N) is 1. The first-order valence-electron chi connectivity index (χ1n) is 6.86. The summed E-state index contributed by atoms with van der Waals surface area (Å²) in [6.45, 7) is 4.27. The van der Waals surface area contributed by atoms with Gasteiger partial charge in [0.05, 0.1) is 5.41 Å². The van der Waals surface area contributed by atoms with Crippen molar-refractivity contribution in [3.8, 4) is 0 Å². The van der Waals surface area contributed by atoms with Crippen LogP contribution in [-0.4, -0.2) is 29.1 Å². The number of hydrogen-bond acceptors (Lipinski definition) is 2. The van der Waals surface area contributed by atoms with E-state index >= 15 is 0 Å². The molecule has 2 rings (SSSR count). The Balaban J connectivity index is 2.07. The highest BCUT2D eigenvalue weighted by atomic mass is 79.9. The van der Waals surface area contributed by atoms with Gasteiger partial charge in [-0.25, -0.2) is 0 Å². The highest BCUT2D eigenvalue weighted by molar-refractivity contribution is 9.10. The van der Waals surface area contributed by atoms with Gasteiger partial charge in [0.2, 0.25) is 0 Å². The van der Waals surface area contributed by atoms with Gasteiger partial charge in [-0.15, -0.1) is 0 Å². The molecule has 1 aliphatic rings. The highest BCUT2D eigenvalue weighted by Gasteiger charge is 2.43. The SMILES string of the molecule is CCCC1(C(=O)O)CCN(Cc2ccc(Cl)cc2Br)C1. The van der Waals surface area contributed by atoms with Crippen molar-refractivity contribution in [1.82, 2.24) is 4.90 Å². The standard InChI is InChI=1S/C15H19BrClNO2/c1-2-5-15(14(19)20)6-7-18(10-15)9-11-3-4-12(17)8-13(11)16/h3-4,8H,2,5-7,9-10H2,1H3,(H,19,20). The largest absolute Gasteiger partial charge is 0.481 e. The Morgan fingerprint density at radius 2 is 2.30 bits per heavy atom. The lowest BCUT2D eigenvalue weighted by Crippen LogP contribution is -2.34. The van der Waals surface area contributed by atoms with Gasteiger partial charge in [0.25, 0.3) is 0 Å². The monoisotopic (exact) mass is 359 g/mol. The maximum Gasteiger partial charge on any atom is 0.310 e. The Morgan fingerprint density at radius 1 is 1.55 bits per heavy atom. The number of rotatable bonds is 5. The molecule has 0 amide bonds. The van der Waals surface area contributed by atoms with Gasteiger partial charge in [-0.05, 0) is 37.1 Å². The van der Waals surface area contributed by atoms with E-state index in [1.807, 2.05) is 25.1 Å². The molecule has 1 aromatic carbocycles. The van der Waals surface area contributed by atoms with Crippen molar-refractivity contribution in [3.63, 3.8) is 0 Å². The summed E-state index contributed by atoms with van der Waals surface area (Å²) in [5, 5.41) is 10.2. The second-order valence-corrected chi connectivity index (χ2v) is 6.82. The maximum absolute atomic E-state index is 11.6. The van der Waals surface area contributed by atoms with Crippen molar-refractivity contribution in [1.29, 1.82) is 0 Å². The molecule has 1 aliphatic heterocycles. The van der Waals surface area contributed by atoms with Gasteiger partial charge in [-0.2, -0.15) is 0 Å². The molecular formula is C15H19BrClNO2. The predicted octanol–water partition coefficient (Wildman–Crippen LogP) is 4.18. The quantitative estimate of drug-likeness (QED) is 0.856. The third-order valence-corrected chi connectivity index (χ3v) is 5.00. The summed E-state index contributed by atoms with van der Waals surface area (Å²) in [6, 6.07) is 5.74. The van der Waals surface area contributed by atoms with E-state index < -0.39 is 11.4 Å². The van der Waals surface area contributed by atoms with E-state index in [1.54, 1.807) is 0 Å². The Bertz CT molecular complexity index is 509. The van der Waals surface area contributed by atoms with Crippen LogP contribution in [0, 0.1) is 5.41 Å². The molecule has 20 heavy (non-hydrogen) atoms. The molecule has 0 radical (unpaired) electrons. The second kappa shape index (κ2) is 6.46. The zero-order chi connectivity index (χ0) is 14.8. The lowest BCUT2D eigenvalue weighted by molar-refractivity contribution is -0.148. The van der Waals surface area contributed by atoms with Crippen LogP contribution >= 0.6 is 27.5 Å². The number of carboxylic acid groups (broad SMARTS) is 1. The summed E-state index contributed by atoms with van der Waals surface area (Å²) in [4.78, 5) is 13.8. The molecule has 3 nitrogen and oxygen atoms in total. The van der Waals surface area contributed by atoms with Crippen molar-refractivity contribution >= 4 is 33.5 Å². The van der Waals surface area contributed by atoms with Gasteiger partial charge < -0.3 is 5.11 Å². The molecule has 0 aliphatic carbocycles. The summed E-state index contributed by atoms with van der Waals surface area (Å²) in [6.07, 6.45) is 2.40. The van der Waals surface area contributed by atoms with Crippen LogP contribution in [0.3, 0.4) is 0 Å². The van der Waals surface area contributed by atoms with Gasteiger partial charge >= 0.3 is 5.97 Å². The molecule has 0 saturated carbocycles. The molecule has 1 fully saturated rings. The minimum Gasteiger partial charge on any atom is -0.481 e. The second-order valence-electron chi connectivity index (χ2n) is 5.53. The van der Waals surface area contributed by atoms with Crippen molar-refractivity contribution in [2.45, 2.75) is 32.7 Å². The first-order valence-corrected chi connectivity index (χ1v) is 8.03. The smallest absolute Gasteiger partial charge is 0.310 e. The molecular weight excluding hydrogens is 342 g/mol. The summed E-state index contributed by atoms with van der Waals surface area (Å²) in [5.41, 5.74) is 0.584. The molecule has 1 aromatic rings. The Labute approximate surface area is 133 Å². The molecule has 5 heteroatoms. The number of halogens is 2. The van der Waals surface area contributed by atoms with Gasteiger partial charge in [0.15, 0.2) is 0 Å². The van der Waals surface area contributed by atoms with E-state index in [0.29, 0.717) is 11.6 Å². The van der Waals surface area contributed by atoms with Crippen LogP contribution in [0.25, 0.3) is 0 Å². The van der Waals surface area contributed by atoms with Crippen LogP contribution in [-0.2, 0) is 11.3 Å². The van der Waals surface area contributed by atoms with Crippen molar-refractivity contribution in [2.24, 2.45) is 5.41 Å². The van der Waals surface area contributed by atoms with Gasteiger partial charge in [-0.1, -0.05) is 46.9 Å². The predicted molar refractivity (Wildman–Crippen MR) is 84.0 cm³/mol. The molecule has 1 saturated heterocycles. The van der Waals surface area contributed by atoms with E-state index in [4.69, 9.17) is 11.6 Å². The summed E-state index contributed by atoms with van der Waals surface area (Å²) in [7, 11) is 0. The van der Waals surface area contributed by atoms with E-state index in [2.05, 4.69) is 20.8 Å². The van der Waals surface area contributed by atoms with Crippen LogP contribution in [0.15, 0.2) is 22.7 Å². The number of hydrogen-bond donors (Lipinski definition) is 1. The lowest BCUT2D eigenvalue weighted by Gasteiger charge is -2.24. The molecule has 0 aromatic heterocycles. The normalized spacial score (nSPS) is 23.1. The Hall–Kier alpha value is -0.580. The van der Waals surface area contributed by atoms with E-state index in [9.17, 15) is 9.90 Å². The molecule has 1 unspecified atom stereocenters. The third-order valence-electron chi connectivity index (χ3n) is 4.02. The topological polar surface area (TPSA) is 40.5 Å². The first-order chi connectivity index (χ1) is 9.47. The minimum atomic E-state index is -0.656. The zero-order valence-corrected chi connectivity index (χ0v) is 13.9. The van der Waals surface area contributed by atoms with Crippen LogP contribution in [0.1, 0.15) is 31.7 Å². The highest BCUT2D eigenvalue weighted by Crippen LogP contribution is 2.36. The number of aliphatic carboxylic acids is 1. The molecule has 1 N–H and O–H groups in total. The fourth-order valence-corrected chi connectivity index (χ4v) is 3.76. The number of benzene rings is 1. The van der Waals surface area contributed by atoms with Crippen molar-refractivity contribution < 1.29 is 9.90 Å². The minimum absolute atomic E-state index is 0.562. The molecule has 0 bridgehead atoms. The molecule has 110 valence electrons. The van der Waals surface area contributed by atoms with Crippen LogP contribution in [0.5, 0.6) is 0 Å². The Kier molecular flexibility index (Phi) is 5.10. The van der Waals surface area contributed by atoms with E-state index in [1.165, 1.54) is 0 Å². The lowest BCUT2D eigenvalue weighted by atomic mass is 9.83. The summed E-state index contributed by atoms with van der Waals surface area (Å²) < 4.78 is 0.980. The van der Waals surface area contributed by atoms with Gasteiger partial charge in [0.1, 0.15) is 0 Å². The maximum atomic E-state index is 11.6. The van der Waals surface area contributed by atoms with Crippen molar-refractivity contribution in [2.75, 3.05) is 13.1 Å². The summed E-state index contributed by atoms with van der Waals surface area (Å²) in [5.74, 6) is -0.656. The molecule has 0 spiro atoms. The molecule has 1 heterocycles. The third kappa shape index (κ3) is 3.35. The number of carbonyl (C=O) groups is 1. The van der Waals surface area contributed by atoms with Crippen molar-refractivity contribution in [3.05, 3.63) is 33.3 Å². The van der Waals surface area contributed by atoms with E-state index in [0.717, 1.165) is 42.4 Å². The van der Waals surface area contributed by atoms with Gasteiger partial charge in [0, 0.05) is 22.6 Å². The zero-order valence-electron chi connectivity index (χ0n) is 11.5. The van der Waals surface area contributed by atoms with E-state index in [-0.39, 0.29) is 0 Å². The number of carboxylic acids is 1. The van der Waals surface area contributed by atoms with Crippen LogP contribution in [0.2, 0.25) is 5.02 Å². The Morgan fingerprint density at radius 3 is 2.90 bits per heavy atom. The first kappa shape index (κ1) is 15.8. The fourth-order valence-electron chi connectivity index (χ4n) is 2.95. The van der Waals surface area contributed by atoms with Crippen LogP contribution < -0.4 is 0 Å².